The number of aromatic hydroxyl groups is 2. The average Bonchev–Trinajstić information content (AvgIpc) is 2.71. The zero-order valence-electron chi connectivity index (χ0n) is 15.5. The number of rotatable bonds is 5. The molecule has 1 fully saturated rings. The van der Waals surface area contributed by atoms with Crippen LogP contribution in [0.5, 0.6) is 11.5 Å². The summed E-state index contributed by atoms with van der Waals surface area (Å²) in [5.74, 6) is -0.488. The number of nitrogens with one attached hydrogen (secondary N) is 1. The van der Waals surface area contributed by atoms with Gasteiger partial charge >= 0.3 is 6.09 Å². The smallest absolute Gasteiger partial charge is 0.410 e. The fraction of sp³-hybridized carbons (Fsp3) is 0.333. The molecule has 3 rings (SSSR count). The number of hydrogen-bond acceptors (Lipinski definition) is 5. The topological polar surface area (TPSA) is 99.1 Å². The van der Waals surface area contributed by atoms with Crippen molar-refractivity contribution in [1.29, 1.82) is 0 Å². The second-order valence-corrected chi connectivity index (χ2v) is 6.88. The summed E-state index contributed by atoms with van der Waals surface area (Å²) < 4.78 is 5.35. The Bertz CT molecular complexity index is 817. The van der Waals surface area contributed by atoms with E-state index in [1.807, 2.05) is 30.3 Å². The highest BCUT2D eigenvalue weighted by atomic mass is 16.6. The fourth-order valence-corrected chi connectivity index (χ4v) is 3.17. The summed E-state index contributed by atoms with van der Waals surface area (Å²) in [6, 6.07) is 13.4. The molecule has 2 aromatic rings. The molecule has 2 amide bonds. The first-order chi connectivity index (χ1) is 13.5. The molecule has 28 heavy (non-hydrogen) atoms. The summed E-state index contributed by atoms with van der Waals surface area (Å²) in [6.45, 7) is 1.88. The van der Waals surface area contributed by atoms with Gasteiger partial charge in [-0.05, 0) is 36.5 Å². The van der Waals surface area contributed by atoms with Gasteiger partial charge in [-0.2, -0.15) is 0 Å². The summed E-state index contributed by atoms with van der Waals surface area (Å²) in [5.41, 5.74) is 1.07. The number of amides is 2. The van der Waals surface area contributed by atoms with Crippen LogP contribution in [0.4, 0.5) is 4.79 Å². The number of likely N-dealkylation sites (tertiary alicyclic amines) is 1. The van der Waals surface area contributed by atoms with Crippen LogP contribution < -0.4 is 5.32 Å². The van der Waals surface area contributed by atoms with Crippen molar-refractivity contribution >= 4 is 12.0 Å². The number of ether oxygens (including phenoxy) is 1. The molecule has 0 aliphatic carbocycles. The van der Waals surface area contributed by atoms with Gasteiger partial charge in [-0.3, -0.25) is 4.79 Å². The molecule has 2 aromatic carbocycles. The van der Waals surface area contributed by atoms with Crippen LogP contribution in [0.2, 0.25) is 0 Å². The molecule has 1 saturated heterocycles. The standard InChI is InChI=1S/C21H24N2O5/c24-17-6-7-18(19(25)12-17)20(26)22-13-15-8-10-23(11-9-15)21(27)28-14-16-4-2-1-3-5-16/h1-7,12,15,24-25H,8-11,13-14H2,(H,22,26). The first-order valence-corrected chi connectivity index (χ1v) is 9.28. The normalized spacial score (nSPS) is 14.5. The van der Waals surface area contributed by atoms with Gasteiger partial charge in [-0.1, -0.05) is 30.3 Å². The number of benzene rings is 2. The molecule has 0 saturated carbocycles. The van der Waals surface area contributed by atoms with Crippen LogP contribution in [0.1, 0.15) is 28.8 Å². The Morgan fingerprint density at radius 3 is 2.46 bits per heavy atom. The van der Waals surface area contributed by atoms with Crippen LogP contribution in [-0.2, 0) is 11.3 Å². The third-order valence-electron chi connectivity index (χ3n) is 4.86. The van der Waals surface area contributed by atoms with Crippen LogP contribution in [-0.4, -0.2) is 46.7 Å². The van der Waals surface area contributed by atoms with E-state index in [4.69, 9.17) is 4.74 Å². The Balaban J connectivity index is 1.40. The monoisotopic (exact) mass is 384 g/mol. The van der Waals surface area contributed by atoms with E-state index < -0.39 is 0 Å². The highest BCUT2D eigenvalue weighted by Crippen LogP contribution is 2.23. The lowest BCUT2D eigenvalue weighted by Gasteiger charge is -2.31. The number of phenolic OH excluding ortho intramolecular Hbond substituents is 2. The second kappa shape index (κ2) is 9.12. The molecule has 0 atom stereocenters. The molecule has 7 heteroatoms. The van der Waals surface area contributed by atoms with Gasteiger partial charge < -0.3 is 25.2 Å². The maximum absolute atomic E-state index is 12.2. The lowest BCUT2D eigenvalue weighted by atomic mass is 9.97. The van der Waals surface area contributed by atoms with E-state index in [1.54, 1.807) is 4.90 Å². The predicted octanol–water partition coefficient (Wildman–Crippen LogP) is 2.88. The molecule has 1 aliphatic heterocycles. The number of nitrogens with zero attached hydrogens (tertiary/aromatic N) is 1. The summed E-state index contributed by atoms with van der Waals surface area (Å²) in [6.07, 6.45) is 1.21. The predicted molar refractivity (Wildman–Crippen MR) is 103 cm³/mol. The van der Waals surface area contributed by atoms with E-state index in [0.717, 1.165) is 24.5 Å². The minimum absolute atomic E-state index is 0.0967. The van der Waals surface area contributed by atoms with E-state index in [9.17, 15) is 19.8 Å². The Morgan fingerprint density at radius 2 is 1.79 bits per heavy atom. The zero-order valence-corrected chi connectivity index (χ0v) is 15.5. The maximum atomic E-state index is 12.2. The Hall–Kier alpha value is -3.22. The molecule has 7 nitrogen and oxygen atoms in total. The SMILES string of the molecule is O=C(NCC1CCN(C(=O)OCc2ccccc2)CC1)c1ccc(O)cc1O. The number of carbonyl (C=O) groups is 2. The van der Waals surface area contributed by atoms with Gasteiger partial charge in [-0.15, -0.1) is 0 Å². The van der Waals surface area contributed by atoms with Gasteiger partial charge in [0.1, 0.15) is 18.1 Å². The summed E-state index contributed by atoms with van der Waals surface area (Å²) in [7, 11) is 0. The molecule has 0 aromatic heterocycles. The summed E-state index contributed by atoms with van der Waals surface area (Å²) in [4.78, 5) is 26.0. The third kappa shape index (κ3) is 5.16. The van der Waals surface area contributed by atoms with Crippen molar-refractivity contribution in [2.75, 3.05) is 19.6 Å². The van der Waals surface area contributed by atoms with Gasteiger partial charge in [0.2, 0.25) is 0 Å². The fourth-order valence-electron chi connectivity index (χ4n) is 3.17. The molecule has 0 spiro atoms. The Morgan fingerprint density at radius 1 is 1.07 bits per heavy atom. The highest BCUT2D eigenvalue weighted by molar-refractivity contribution is 5.96. The molecular weight excluding hydrogens is 360 g/mol. The average molecular weight is 384 g/mol. The van der Waals surface area contributed by atoms with Crippen LogP contribution in [0.25, 0.3) is 0 Å². The highest BCUT2D eigenvalue weighted by Gasteiger charge is 2.24. The molecule has 0 bridgehead atoms. The van der Waals surface area contributed by atoms with Crippen LogP contribution in [0, 0.1) is 5.92 Å². The minimum Gasteiger partial charge on any atom is -0.508 e. The maximum Gasteiger partial charge on any atom is 0.410 e. The van der Waals surface area contributed by atoms with Gasteiger partial charge in [0.15, 0.2) is 0 Å². The quantitative estimate of drug-likeness (QED) is 0.736. The van der Waals surface area contributed by atoms with E-state index in [-0.39, 0.29) is 41.6 Å². The first-order valence-electron chi connectivity index (χ1n) is 9.28. The van der Waals surface area contributed by atoms with Crippen molar-refractivity contribution in [2.24, 2.45) is 5.92 Å². The molecule has 0 unspecified atom stereocenters. The van der Waals surface area contributed by atoms with Gasteiger partial charge in [0.05, 0.1) is 5.56 Å². The first kappa shape index (κ1) is 19.5. The summed E-state index contributed by atoms with van der Waals surface area (Å²) >= 11 is 0. The zero-order chi connectivity index (χ0) is 19.9. The van der Waals surface area contributed by atoms with Crippen LogP contribution in [0.3, 0.4) is 0 Å². The van der Waals surface area contributed by atoms with Crippen molar-refractivity contribution < 1.29 is 24.5 Å². The van der Waals surface area contributed by atoms with E-state index in [2.05, 4.69) is 5.32 Å². The number of hydrogen-bond donors (Lipinski definition) is 3. The number of piperidine rings is 1. The molecule has 148 valence electrons. The van der Waals surface area contributed by atoms with Crippen molar-refractivity contribution in [3.63, 3.8) is 0 Å². The van der Waals surface area contributed by atoms with Crippen molar-refractivity contribution in [2.45, 2.75) is 19.4 Å². The van der Waals surface area contributed by atoms with Gasteiger partial charge in [-0.25, -0.2) is 4.79 Å². The lowest BCUT2D eigenvalue weighted by Crippen LogP contribution is -2.41. The number of carbonyl (C=O) groups excluding carboxylic acids is 2. The van der Waals surface area contributed by atoms with E-state index in [1.165, 1.54) is 12.1 Å². The van der Waals surface area contributed by atoms with Crippen LogP contribution >= 0.6 is 0 Å². The molecular formula is C21H24N2O5. The van der Waals surface area contributed by atoms with Gasteiger partial charge in [0, 0.05) is 25.7 Å². The second-order valence-electron chi connectivity index (χ2n) is 6.88. The Kier molecular flexibility index (Phi) is 6.37. The number of phenols is 2. The van der Waals surface area contributed by atoms with E-state index in [0.29, 0.717) is 19.6 Å². The van der Waals surface area contributed by atoms with E-state index >= 15 is 0 Å². The Labute approximate surface area is 163 Å². The molecule has 1 aliphatic rings. The third-order valence-corrected chi connectivity index (χ3v) is 4.86. The van der Waals surface area contributed by atoms with Crippen molar-refractivity contribution in [3.05, 3.63) is 59.7 Å². The lowest BCUT2D eigenvalue weighted by molar-refractivity contribution is 0.0800. The van der Waals surface area contributed by atoms with Crippen molar-refractivity contribution in [3.8, 4) is 11.5 Å². The van der Waals surface area contributed by atoms with Crippen molar-refractivity contribution in [1.82, 2.24) is 10.2 Å². The van der Waals surface area contributed by atoms with Crippen LogP contribution in [0.15, 0.2) is 48.5 Å². The summed E-state index contributed by atoms with van der Waals surface area (Å²) in [5, 5.41) is 21.8. The largest absolute Gasteiger partial charge is 0.508 e. The minimum atomic E-state index is -0.387. The molecule has 1 heterocycles. The molecule has 3 N–H and O–H groups in total. The molecule has 0 radical (unpaired) electrons. The van der Waals surface area contributed by atoms with Gasteiger partial charge in [0.25, 0.3) is 5.91 Å².